The van der Waals surface area contributed by atoms with Crippen LogP contribution in [-0.4, -0.2) is 26.6 Å². The molecular formula is C18H22N2O3. The molecule has 0 unspecified atom stereocenters. The quantitative estimate of drug-likeness (QED) is 0.786. The molecule has 1 amide bonds. The minimum absolute atomic E-state index is 0.0358. The number of carbonyl (C=O) groups is 1. The van der Waals surface area contributed by atoms with E-state index in [0.717, 1.165) is 11.3 Å². The summed E-state index contributed by atoms with van der Waals surface area (Å²) < 4.78 is 11.1. The molecule has 0 aliphatic heterocycles. The second kappa shape index (κ2) is 8.80. The minimum atomic E-state index is 0.0358. The van der Waals surface area contributed by atoms with E-state index in [1.54, 1.807) is 7.11 Å². The average molecular weight is 314 g/mol. The summed E-state index contributed by atoms with van der Waals surface area (Å²) in [5, 5.41) is 5.83. The number of carbonyl (C=O) groups excluding carboxylic acids is 1. The Hall–Kier alpha value is -2.53. The van der Waals surface area contributed by atoms with Crippen LogP contribution in [0.1, 0.15) is 12.0 Å². The lowest BCUT2D eigenvalue weighted by molar-refractivity contribution is -0.121. The van der Waals surface area contributed by atoms with E-state index in [-0.39, 0.29) is 5.91 Å². The van der Waals surface area contributed by atoms with Crippen LogP contribution in [0.15, 0.2) is 48.5 Å². The fraction of sp³-hybridized carbons (Fsp3) is 0.278. The van der Waals surface area contributed by atoms with Gasteiger partial charge in [0, 0.05) is 19.5 Å². The van der Waals surface area contributed by atoms with Gasteiger partial charge in [0.25, 0.3) is 0 Å². The maximum Gasteiger partial charge on any atom is 0.221 e. The van der Waals surface area contributed by atoms with E-state index in [9.17, 15) is 4.79 Å². The van der Waals surface area contributed by atoms with Gasteiger partial charge in [-0.25, -0.2) is 0 Å². The van der Waals surface area contributed by atoms with E-state index in [1.807, 2.05) is 55.6 Å². The molecule has 5 heteroatoms. The summed E-state index contributed by atoms with van der Waals surface area (Å²) in [7, 11) is 3.44. The number of nitrogens with one attached hydrogen (secondary N) is 2. The molecule has 0 heterocycles. The number of rotatable bonds is 8. The van der Waals surface area contributed by atoms with E-state index in [2.05, 4.69) is 10.6 Å². The third kappa shape index (κ3) is 5.30. The van der Waals surface area contributed by atoms with E-state index in [1.165, 1.54) is 0 Å². The number of amides is 1. The van der Waals surface area contributed by atoms with E-state index in [0.29, 0.717) is 31.0 Å². The van der Waals surface area contributed by atoms with Crippen molar-refractivity contribution in [2.45, 2.75) is 13.0 Å². The molecule has 2 aromatic carbocycles. The van der Waals surface area contributed by atoms with Crippen molar-refractivity contribution in [3.63, 3.8) is 0 Å². The van der Waals surface area contributed by atoms with Gasteiger partial charge in [0.05, 0.1) is 7.11 Å². The molecule has 0 radical (unpaired) electrons. The van der Waals surface area contributed by atoms with Crippen molar-refractivity contribution < 1.29 is 14.3 Å². The number of hydrogen-bond donors (Lipinski definition) is 2. The van der Waals surface area contributed by atoms with Crippen LogP contribution in [0.25, 0.3) is 0 Å². The predicted octanol–water partition coefficient (Wildman–Crippen LogP) is 2.71. The van der Waals surface area contributed by atoms with Crippen LogP contribution in [0, 0.1) is 0 Å². The third-order valence-corrected chi connectivity index (χ3v) is 3.31. The Balaban J connectivity index is 1.90. The fourth-order valence-electron chi connectivity index (χ4n) is 2.03. The maximum absolute atomic E-state index is 11.6. The Morgan fingerprint density at radius 2 is 1.74 bits per heavy atom. The first-order valence-corrected chi connectivity index (χ1v) is 7.54. The monoisotopic (exact) mass is 314 g/mol. The van der Waals surface area contributed by atoms with Crippen molar-refractivity contribution in [3.05, 3.63) is 54.1 Å². The van der Waals surface area contributed by atoms with Crippen molar-refractivity contribution in [2.24, 2.45) is 0 Å². The lowest BCUT2D eigenvalue weighted by atomic mass is 10.2. The summed E-state index contributed by atoms with van der Waals surface area (Å²) in [6, 6.07) is 15.1. The van der Waals surface area contributed by atoms with Crippen LogP contribution >= 0.6 is 0 Å². The van der Waals surface area contributed by atoms with E-state index in [4.69, 9.17) is 9.47 Å². The van der Waals surface area contributed by atoms with Gasteiger partial charge in [0.15, 0.2) is 11.5 Å². The van der Waals surface area contributed by atoms with Gasteiger partial charge in [0.1, 0.15) is 5.75 Å². The molecule has 0 fully saturated rings. The van der Waals surface area contributed by atoms with Crippen molar-refractivity contribution in [2.75, 3.05) is 20.7 Å². The second-order valence-electron chi connectivity index (χ2n) is 5.03. The van der Waals surface area contributed by atoms with Crippen molar-refractivity contribution in [3.8, 4) is 17.2 Å². The largest absolute Gasteiger partial charge is 0.493 e. The molecule has 0 aliphatic rings. The van der Waals surface area contributed by atoms with Crippen LogP contribution in [-0.2, 0) is 11.3 Å². The van der Waals surface area contributed by atoms with E-state index >= 15 is 0 Å². The molecule has 0 saturated carbocycles. The molecule has 0 atom stereocenters. The highest BCUT2D eigenvalue weighted by Gasteiger charge is 2.05. The van der Waals surface area contributed by atoms with Crippen LogP contribution in [0.4, 0.5) is 0 Å². The lowest BCUT2D eigenvalue weighted by Gasteiger charge is -2.10. The van der Waals surface area contributed by atoms with Gasteiger partial charge in [-0.15, -0.1) is 0 Å². The van der Waals surface area contributed by atoms with Gasteiger partial charge < -0.3 is 20.1 Å². The number of hydrogen-bond acceptors (Lipinski definition) is 4. The molecule has 122 valence electrons. The standard InChI is InChI=1S/C18H22N2O3/c1-19-12-11-18(21)20-13-14-7-9-15(10-8-14)23-17-6-4-3-5-16(17)22-2/h3-10,19H,11-13H2,1-2H3,(H,20,21). The summed E-state index contributed by atoms with van der Waals surface area (Å²) in [5.74, 6) is 2.12. The number of ether oxygens (including phenoxy) is 2. The molecule has 0 aromatic heterocycles. The minimum Gasteiger partial charge on any atom is -0.493 e. The van der Waals surface area contributed by atoms with E-state index < -0.39 is 0 Å². The Labute approximate surface area is 136 Å². The summed E-state index contributed by atoms with van der Waals surface area (Å²) in [5.41, 5.74) is 1.02. The van der Waals surface area contributed by atoms with Gasteiger partial charge in [-0.05, 0) is 36.9 Å². The molecule has 0 aliphatic carbocycles. The topological polar surface area (TPSA) is 59.6 Å². The third-order valence-electron chi connectivity index (χ3n) is 3.31. The van der Waals surface area contributed by atoms with Gasteiger partial charge >= 0.3 is 0 Å². The summed E-state index contributed by atoms with van der Waals surface area (Å²) in [6.45, 7) is 1.19. The average Bonchev–Trinajstić information content (AvgIpc) is 2.59. The summed E-state index contributed by atoms with van der Waals surface area (Å²) in [4.78, 5) is 11.6. The SMILES string of the molecule is CNCCC(=O)NCc1ccc(Oc2ccccc2OC)cc1. The highest BCUT2D eigenvalue weighted by Crippen LogP contribution is 2.30. The van der Waals surface area contributed by atoms with Gasteiger partial charge in [0.2, 0.25) is 5.91 Å². The first kappa shape index (κ1) is 16.8. The first-order valence-electron chi connectivity index (χ1n) is 7.54. The molecule has 2 rings (SSSR count). The lowest BCUT2D eigenvalue weighted by Crippen LogP contribution is -2.26. The molecule has 2 N–H and O–H groups in total. The summed E-state index contributed by atoms with van der Waals surface area (Å²) in [6.07, 6.45) is 0.478. The predicted molar refractivity (Wildman–Crippen MR) is 89.9 cm³/mol. The zero-order valence-electron chi connectivity index (χ0n) is 13.5. The van der Waals surface area contributed by atoms with Crippen molar-refractivity contribution in [1.82, 2.24) is 10.6 Å². The van der Waals surface area contributed by atoms with Gasteiger partial charge in [-0.2, -0.15) is 0 Å². The van der Waals surface area contributed by atoms with Crippen molar-refractivity contribution in [1.29, 1.82) is 0 Å². The molecule has 0 saturated heterocycles. The molecule has 23 heavy (non-hydrogen) atoms. The second-order valence-corrected chi connectivity index (χ2v) is 5.03. The Morgan fingerprint density at radius 3 is 2.39 bits per heavy atom. The molecule has 0 bridgehead atoms. The fourth-order valence-corrected chi connectivity index (χ4v) is 2.03. The van der Waals surface area contributed by atoms with Crippen LogP contribution < -0.4 is 20.1 Å². The maximum atomic E-state index is 11.6. The number of para-hydroxylation sites is 2. The smallest absolute Gasteiger partial charge is 0.221 e. The zero-order chi connectivity index (χ0) is 16.5. The zero-order valence-corrected chi connectivity index (χ0v) is 13.5. The molecular weight excluding hydrogens is 292 g/mol. The van der Waals surface area contributed by atoms with Gasteiger partial charge in [-0.3, -0.25) is 4.79 Å². The van der Waals surface area contributed by atoms with Crippen LogP contribution in [0.5, 0.6) is 17.2 Å². The van der Waals surface area contributed by atoms with Crippen molar-refractivity contribution >= 4 is 5.91 Å². The van der Waals surface area contributed by atoms with Crippen LogP contribution in [0.3, 0.4) is 0 Å². The number of benzene rings is 2. The molecule has 5 nitrogen and oxygen atoms in total. The molecule has 0 spiro atoms. The normalized spacial score (nSPS) is 10.2. The Morgan fingerprint density at radius 1 is 1.04 bits per heavy atom. The highest BCUT2D eigenvalue weighted by molar-refractivity contribution is 5.76. The summed E-state index contributed by atoms with van der Waals surface area (Å²) >= 11 is 0. The number of methoxy groups -OCH3 is 1. The Kier molecular flexibility index (Phi) is 6.44. The highest BCUT2D eigenvalue weighted by atomic mass is 16.5. The molecule has 2 aromatic rings. The van der Waals surface area contributed by atoms with Gasteiger partial charge in [-0.1, -0.05) is 24.3 Å². The first-order chi connectivity index (χ1) is 11.2. The Bertz CT molecular complexity index is 626. The van der Waals surface area contributed by atoms with Crippen LogP contribution in [0.2, 0.25) is 0 Å².